The van der Waals surface area contributed by atoms with Gasteiger partial charge in [0.25, 0.3) is 11.8 Å². The first-order chi connectivity index (χ1) is 26.1. The predicted molar refractivity (Wildman–Crippen MR) is 196 cm³/mol. The van der Waals surface area contributed by atoms with Crippen LogP contribution in [-0.2, 0) is 35.3 Å². The second kappa shape index (κ2) is 22.4. The van der Waals surface area contributed by atoms with Crippen molar-refractivity contribution in [2.75, 3.05) is 19.9 Å². The van der Waals surface area contributed by atoms with Gasteiger partial charge in [0, 0.05) is 5.56 Å². The number of amides is 4. The summed E-state index contributed by atoms with van der Waals surface area (Å²) in [6, 6.07) is 14.5. The number of rotatable bonds is 23. The van der Waals surface area contributed by atoms with Crippen LogP contribution < -0.4 is 20.7 Å². The summed E-state index contributed by atoms with van der Waals surface area (Å²) >= 11 is 0. The number of hydroxylamine groups is 2. The van der Waals surface area contributed by atoms with Crippen molar-refractivity contribution < 1.29 is 52.6 Å². The van der Waals surface area contributed by atoms with Crippen molar-refractivity contribution in [3.05, 3.63) is 77.6 Å². The van der Waals surface area contributed by atoms with Crippen molar-refractivity contribution in [3.8, 4) is 17.1 Å². The SMILES string of the molecule is CCCCC[C@@H](C(=O)NCNC(=O)c1ccc(-c2ccc(C(=O)N[C@@H](CC(=O)OCc3ccccc3)C(=O)OCC)c(OCC)c2)o1)[C@@H](CC)N(O)C=O. The third-order valence-corrected chi connectivity index (χ3v) is 8.43. The van der Waals surface area contributed by atoms with Gasteiger partial charge in [0.05, 0.1) is 43.8 Å². The minimum atomic E-state index is -1.33. The van der Waals surface area contributed by atoms with Crippen molar-refractivity contribution in [2.45, 2.75) is 84.9 Å². The van der Waals surface area contributed by atoms with Crippen molar-refractivity contribution >= 4 is 36.1 Å². The molecule has 15 heteroatoms. The lowest BCUT2D eigenvalue weighted by molar-refractivity contribution is -0.168. The van der Waals surface area contributed by atoms with Crippen LogP contribution in [0.1, 0.15) is 92.7 Å². The molecule has 3 aromatic rings. The largest absolute Gasteiger partial charge is 0.493 e. The Bertz CT molecular complexity index is 1690. The number of nitrogens with one attached hydrogen (secondary N) is 3. The molecule has 0 aliphatic heterocycles. The van der Waals surface area contributed by atoms with E-state index in [-0.39, 0.29) is 55.7 Å². The van der Waals surface area contributed by atoms with Gasteiger partial charge in [-0.05, 0) is 56.5 Å². The van der Waals surface area contributed by atoms with Gasteiger partial charge in [-0.2, -0.15) is 0 Å². The summed E-state index contributed by atoms with van der Waals surface area (Å²) < 4.78 is 21.9. The van der Waals surface area contributed by atoms with Gasteiger partial charge in [0.2, 0.25) is 12.3 Å². The van der Waals surface area contributed by atoms with Gasteiger partial charge in [-0.1, -0.05) is 69.5 Å². The number of esters is 2. The van der Waals surface area contributed by atoms with Crippen LogP contribution in [0.25, 0.3) is 11.3 Å². The molecule has 0 bridgehead atoms. The first-order valence-electron chi connectivity index (χ1n) is 18.1. The molecule has 0 spiro atoms. The number of unbranched alkanes of at least 4 members (excludes halogenated alkanes) is 2. The van der Waals surface area contributed by atoms with Crippen LogP contribution in [0.4, 0.5) is 0 Å². The Labute approximate surface area is 314 Å². The highest BCUT2D eigenvalue weighted by molar-refractivity contribution is 6.00. The second-order valence-corrected chi connectivity index (χ2v) is 12.2. The van der Waals surface area contributed by atoms with Crippen molar-refractivity contribution in [1.82, 2.24) is 21.0 Å². The molecule has 0 aliphatic rings. The zero-order valence-corrected chi connectivity index (χ0v) is 31.1. The molecule has 0 aliphatic carbocycles. The molecule has 292 valence electrons. The maximum Gasteiger partial charge on any atom is 0.329 e. The molecule has 0 fully saturated rings. The third-order valence-electron chi connectivity index (χ3n) is 8.43. The fourth-order valence-electron chi connectivity index (χ4n) is 5.67. The topological polar surface area (TPSA) is 203 Å². The van der Waals surface area contributed by atoms with Gasteiger partial charge < -0.3 is 34.6 Å². The van der Waals surface area contributed by atoms with E-state index in [1.54, 1.807) is 63.2 Å². The van der Waals surface area contributed by atoms with Gasteiger partial charge in [0.1, 0.15) is 24.2 Å². The Kier molecular flexibility index (Phi) is 17.7. The Morgan fingerprint density at radius 3 is 2.31 bits per heavy atom. The number of hydrogen-bond donors (Lipinski definition) is 4. The van der Waals surface area contributed by atoms with Crippen molar-refractivity contribution in [2.24, 2.45) is 5.92 Å². The number of ether oxygens (including phenoxy) is 3. The smallest absolute Gasteiger partial charge is 0.329 e. The zero-order chi connectivity index (χ0) is 39.5. The van der Waals surface area contributed by atoms with E-state index < -0.39 is 54.1 Å². The molecule has 0 saturated carbocycles. The molecular weight excluding hydrogens is 700 g/mol. The maximum atomic E-state index is 13.4. The number of carbonyl (C=O) groups is 6. The van der Waals surface area contributed by atoms with Crippen LogP contribution in [0, 0.1) is 5.92 Å². The summed E-state index contributed by atoms with van der Waals surface area (Å²) in [4.78, 5) is 75.9. The van der Waals surface area contributed by atoms with Gasteiger partial charge >= 0.3 is 11.9 Å². The molecule has 54 heavy (non-hydrogen) atoms. The quantitative estimate of drug-likeness (QED) is 0.0260. The Hall–Kier alpha value is -5.70. The first-order valence-corrected chi connectivity index (χ1v) is 18.1. The van der Waals surface area contributed by atoms with Crippen LogP contribution in [-0.4, -0.2) is 78.3 Å². The number of nitrogens with zero attached hydrogens (tertiary/aromatic N) is 1. The summed E-state index contributed by atoms with van der Waals surface area (Å²) in [5.74, 6) is -3.52. The highest BCUT2D eigenvalue weighted by Crippen LogP contribution is 2.29. The summed E-state index contributed by atoms with van der Waals surface area (Å²) in [5.41, 5.74) is 1.30. The fourth-order valence-corrected chi connectivity index (χ4v) is 5.67. The molecular formula is C39H50N4O11. The molecule has 4 N–H and O–H groups in total. The fraction of sp³-hybridized carbons (Fsp3) is 0.436. The molecule has 2 aromatic carbocycles. The zero-order valence-electron chi connectivity index (χ0n) is 31.1. The van der Waals surface area contributed by atoms with Gasteiger partial charge in [-0.25, -0.2) is 9.86 Å². The van der Waals surface area contributed by atoms with Crippen LogP contribution >= 0.6 is 0 Å². The van der Waals surface area contributed by atoms with E-state index in [1.165, 1.54) is 12.1 Å². The van der Waals surface area contributed by atoms with Crippen LogP contribution in [0.15, 0.2) is 65.1 Å². The lowest BCUT2D eigenvalue weighted by Gasteiger charge is -2.29. The highest BCUT2D eigenvalue weighted by atomic mass is 16.5. The summed E-state index contributed by atoms with van der Waals surface area (Å²) in [5, 5.41) is 18.3. The number of benzene rings is 2. The van der Waals surface area contributed by atoms with E-state index in [4.69, 9.17) is 18.6 Å². The second-order valence-electron chi connectivity index (χ2n) is 12.2. The van der Waals surface area contributed by atoms with E-state index in [9.17, 15) is 34.0 Å². The lowest BCUT2D eigenvalue weighted by Crippen LogP contribution is -2.47. The van der Waals surface area contributed by atoms with E-state index in [0.29, 0.717) is 23.5 Å². The van der Waals surface area contributed by atoms with Crippen LogP contribution in [0.5, 0.6) is 5.75 Å². The Morgan fingerprint density at radius 1 is 0.889 bits per heavy atom. The average molecular weight is 751 g/mol. The molecule has 0 unspecified atom stereocenters. The van der Waals surface area contributed by atoms with Crippen LogP contribution in [0.3, 0.4) is 0 Å². The molecule has 15 nitrogen and oxygen atoms in total. The Morgan fingerprint density at radius 2 is 1.65 bits per heavy atom. The predicted octanol–water partition coefficient (Wildman–Crippen LogP) is 4.77. The normalized spacial score (nSPS) is 12.4. The minimum absolute atomic E-state index is 0.00131. The number of carbonyl (C=O) groups excluding carboxylic acids is 6. The summed E-state index contributed by atoms with van der Waals surface area (Å²) in [7, 11) is 0. The monoisotopic (exact) mass is 750 g/mol. The van der Waals surface area contributed by atoms with Gasteiger partial charge in [0.15, 0.2) is 5.76 Å². The Balaban J connectivity index is 1.67. The molecule has 4 amide bonds. The average Bonchev–Trinajstić information content (AvgIpc) is 3.68. The first kappa shape index (κ1) is 42.7. The molecule has 3 rings (SSSR count). The standard InChI is InChI=1S/C39H50N4O11/c1-5-9-11-16-28(31(6-2)43(50)25-44)36(46)40-24-41-38(48)33-20-19-32(54-33)27-17-18-29(34(21-27)51-7-3)37(47)42-30(39(49)52-8-4)22-35(45)53-23-26-14-12-10-13-15-26/h10,12-15,17-21,25,28,30-31,50H,5-9,11,16,22-24H2,1-4H3,(H,40,46)(H,41,48)(H,42,47)/t28-,30+,31-/m1/s1. The molecule has 3 atom stereocenters. The summed E-state index contributed by atoms with van der Waals surface area (Å²) in [6.07, 6.45) is 3.19. The van der Waals surface area contributed by atoms with Crippen molar-refractivity contribution in [1.29, 1.82) is 0 Å². The number of hydrogen-bond acceptors (Lipinski definition) is 11. The number of furan rings is 1. The lowest BCUT2D eigenvalue weighted by atomic mass is 9.90. The molecule has 0 radical (unpaired) electrons. The van der Waals surface area contributed by atoms with Crippen molar-refractivity contribution in [3.63, 3.8) is 0 Å². The van der Waals surface area contributed by atoms with E-state index >= 15 is 0 Å². The van der Waals surface area contributed by atoms with Gasteiger partial charge in [-0.3, -0.25) is 29.2 Å². The molecule has 1 aromatic heterocycles. The van der Waals surface area contributed by atoms with E-state index in [2.05, 4.69) is 16.0 Å². The van der Waals surface area contributed by atoms with E-state index in [1.807, 2.05) is 13.0 Å². The maximum absolute atomic E-state index is 13.4. The van der Waals surface area contributed by atoms with E-state index in [0.717, 1.165) is 24.8 Å². The highest BCUT2D eigenvalue weighted by Gasteiger charge is 2.31. The molecule has 0 saturated heterocycles. The molecule has 1 heterocycles. The van der Waals surface area contributed by atoms with Gasteiger partial charge in [-0.15, -0.1) is 0 Å². The summed E-state index contributed by atoms with van der Waals surface area (Å²) in [6.45, 7) is 7.13. The minimum Gasteiger partial charge on any atom is -0.493 e. The third kappa shape index (κ3) is 12.8. The van der Waals surface area contributed by atoms with Crippen LogP contribution in [0.2, 0.25) is 0 Å².